The topological polar surface area (TPSA) is 49.7 Å². The Labute approximate surface area is 133 Å². The van der Waals surface area contributed by atoms with E-state index in [4.69, 9.17) is 0 Å². The second kappa shape index (κ2) is 6.41. The highest BCUT2D eigenvalue weighted by Gasteiger charge is 2.18. The van der Waals surface area contributed by atoms with Crippen molar-refractivity contribution >= 4 is 32.2 Å². The van der Waals surface area contributed by atoms with Crippen LogP contribution in [0.1, 0.15) is 11.1 Å². The van der Waals surface area contributed by atoms with Crippen LogP contribution in [0, 0.1) is 6.92 Å². The van der Waals surface area contributed by atoms with Gasteiger partial charge in [-0.15, -0.1) is 0 Å². The number of nitrogens with zero attached hydrogens (tertiary/aromatic N) is 2. The number of halogens is 1. The molecule has 0 heterocycles. The number of hydrogen-bond acceptors (Lipinski definition) is 3. The van der Waals surface area contributed by atoms with Gasteiger partial charge in [-0.3, -0.25) is 0 Å². The molecule has 0 saturated heterocycles. The van der Waals surface area contributed by atoms with E-state index < -0.39 is 10.0 Å². The zero-order chi connectivity index (χ0) is 15.5. The van der Waals surface area contributed by atoms with Crippen LogP contribution < -0.4 is 0 Å². The minimum absolute atomic E-state index is 0.224. The van der Waals surface area contributed by atoms with Crippen molar-refractivity contribution in [2.45, 2.75) is 11.8 Å². The first kappa shape index (κ1) is 15.7. The normalized spacial score (nSPS) is 11.8. The van der Waals surface area contributed by atoms with Gasteiger partial charge in [-0.25, -0.2) is 0 Å². The summed E-state index contributed by atoms with van der Waals surface area (Å²) in [7, 11) is -2.19. The zero-order valence-corrected chi connectivity index (χ0v) is 14.1. The lowest BCUT2D eigenvalue weighted by Gasteiger charge is -2.13. The Kier molecular flexibility index (Phi) is 4.80. The fraction of sp³-hybridized carbons (Fsp3) is 0.133. The molecule has 6 heteroatoms. The number of aryl methyl sites for hydroxylation is 1. The van der Waals surface area contributed by atoms with Crippen LogP contribution in [0.2, 0.25) is 0 Å². The summed E-state index contributed by atoms with van der Waals surface area (Å²) in [5, 5.41) is 4.01. The highest BCUT2D eigenvalue weighted by atomic mass is 79.9. The Morgan fingerprint density at radius 2 is 1.81 bits per heavy atom. The maximum Gasteiger partial charge on any atom is 0.278 e. The lowest BCUT2D eigenvalue weighted by Crippen LogP contribution is -2.21. The minimum Gasteiger partial charge on any atom is -0.200 e. The van der Waals surface area contributed by atoms with Gasteiger partial charge < -0.3 is 0 Å². The lowest BCUT2D eigenvalue weighted by molar-refractivity contribution is 0.491. The van der Waals surface area contributed by atoms with Gasteiger partial charge in [0.2, 0.25) is 0 Å². The Morgan fingerprint density at radius 3 is 2.43 bits per heavy atom. The van der Waals surface area contributed by atoms with E-state index in [-0.39, 0.29) is 4.90 Å². The standard InChI is InChI=1S/C15H15BrN2O2S/c1-12-6-8-15(9-7-12)21(19,20)18(2)17-11-13-4-3-5-14(16)10-13/h3-11H,1-2H3. The average molecular weight is 367 g/mol. The molecule has 0 radical (unpaired) electrons. The van der Waals surface area contributed by atoms with Crippen LogP contribution in [-0.4, -0.2) is 26.1 Å². The molecule has 0 amide bonds. The summed E-state index contributed by atoms with van der Waals surface area (Å²) in [6.45, 7) is 1.91. The van der Waals surface area contributed by atoms with E-state index in [2.05, 4.69) is 21.0 Å². The monoisotopic (exact) mass is 366 g/mol. The maximum atomic E-state index is 12.3. The molecule has 2 aromatic carbocycles. The third-order valence-corrected chi connectivity index (χ3v) is 5.04. The number of hydrazone groups is 1. The Hall–Kier alpha value is -1.66. The molecule has 0 aliphatic heterocycles. The van der Waals surface area contributed by atoms with Crippen molar-refractivity contribution in [1.29, 1.82) is 0 Å². The summed E-state index contributed by atoms with van der Waals surface area (Å²) in [5.74, 6) is 0. The summed E-state index contributed by atoms with van der Waals surface area (Å²) >= 11 is 3.36. The molecule has 0 spiro atoms. The molecule has 110 valence electrons. The van der Waals surface area contributed by atoms with E-state index in [1.165, 1.54) is 13.3 Å². The fourth-order valence-electron chi connectivity index (χ4n) is 1.66. The van der Waals surface area contributed by atoms with Gasteiger partial charge in [0.1, 0.15) is 0 Å². The molecule has 0 aliphatic rings. The molecule has 4 nitrogen and oxygen atoms in total. The fourth-order valence-corrected chi connectivity index (χ4v) is 3.03. The lowest BCUT2D eigenvalue weighted by atomic mass is 10.2. The zero-order valence-electron chi connectivity index (χ0n) is 11.7. The Bertz CT molecular complexity index is 755. The summed E-state index contributed by atoms with van der Waals surface area (Å²) in [5.41, 5.74) is 1.82. The maximum absolute atomic E-state index is 12.3. The first-order valence-corrected chi connectivity index (χ1v) is 8.48. The third kappa shape index (κ3) is 3.92. The van der Waals surface area contributed by atoms with Crippen LogP contribution in [0.15, 0.2) is 63.0 Å². The van der Waals surface area contributed by atoms with E-state index in [1.807, 2.05) is 31.2 Å². The van der Waals surface area contributed by atoms with Gasteiger partial charge in [0.05, 0.1) is 11.1 Å². The minimum atomic E-state index is -3.61. The van der Waals surface area contributed by atoms with Gasteiger partial charge in [0, 0.05) is 11.5 Å². The molecule has 2 rings (SSSR count). The molecule has 0 fully saturated rings. The predicted molar refractivity (Wildman–Crippen MR) is 87.9 cm³/mol. The molecular weight excluding hydrogens is 352 g/mol. The van der Waals surface area contributed by atoms with Crippen molar-refractivity contribution in [2.24, 2.45) is 5.10 Å². The highest BCUT2D eigenvalue weighted by Crippen LogP contribution is 2.15. The largest absolute Gasteiger partial charge is 0.278 e. The van der Waals surface area contributed by atoms with E-state index >= 15 is 0 Å². The second-order valence-corrected chi connectivity index (χ2v) is 7.42. The van der Waals surface area contributed by atoms with Crippen LogP contribution in [0.4, 0.5) is 0 Å². The van der Waals surface area contributed by atoms with E-state index in [9.17, 15) is 8.42 Å². The molecule has 0 unspecified atom stereocenters. The molecule has 2 aromatic rings. The molecule has 0 aromatic heterocycles. The quantitative estimate of drug-likeness (QED) is 0.614. The van der Waals surface area contributed by atoms with Gasteiger partial charge >= 0.3 is 0 Å². The van der Waals surface area contributed by atoms with Crippen molar-refractivity contribution in [3.63, 3.8) is 0 Å². The molecular formula is C15H15BrN2O2S. The first-order valence-electron chi connectivity index (χ1n) is 6.25. The van der Waals surface area contributed by atoms with Crippen LogP contribution in [-0.2, 0) is 10.0 Å². The van der Waals surface area contributed by atoms with E-state index in [0.29, 0.717) is 0 Å². The predicted octanol–water partition coefficient (Wildman–Crippen LogP) is 3.41. The molecule has 0 bridgehead atoms. The average Bonchev–Trinajstić information content (AvgIpc) is 2.45. The van der Waals surface area contributed by atoms with Gasteiger partial charge in [-0.1, -0.05) is 45.8 Å². The van der Waals surface area contributed by atoms with Crippen molar-refractivity contribution in [2.75, 3.05) is 7.05 Å². The van der Waals surface area contributed by atoms with Gasteiger partial charge in [0.25, 0.3) is 10.0 Å². The van der Waals surface area contributed by atoms with Crippen molar-refractivity contribution in [3.8, 4) is 0 Å². The summed E-state index contributed by atoms with van der Waals surface area (Å²) < 4.78 is 26.6. The highest BCUT2D eigenvalue weighted by molar-refractivity contribution is 9.10. The van der Waals surface area contributed by atoms with E-state index in [1.54, 1.807) is 24.3 Å². The SMILES string of the molecule is Cc1ccc(S(=O)(=O)N(C)N=Cc2cccc(Br)c2)cc1. The van der Waals surface area contributed by atoms with Gasteiger partial charge in [-0.05, 0) is 36.8 Å². The van der Waals surface area contributed by atoms with Gasteiger partial charge in [0.15, 0.2) is 0 Å². The summed E-state index contributed by atoms with van der Waals surface area (Å²) in [4.78, 5) is 0.224. The number of rotatable bonds is 4. The third-order valence-electron chi connectivity index (χ3n) is 2.88. The Balaban J connectivity index is 2.22. The molecule has 0 N–H and O–H groups in total. The smallest absolute Gasteiger partial charge is 0.200 e. The Morgan fingerprint density at radius 1 is 1.14 bits per heavy atom. The van der Waals surface area contributed by atoms with Crippen molar-refractivity contribution < 1.29 is 8.42 Å². The molecule has 0 saturated carbocycles. The first-order chi connectivity index (χ1) is 9.89. The van der Waals surface area contributed by atoms with Crippen LogP contribution in [0.25, 0.3) is 0 Å². The number of benzene rings is 2. The van der Waals surface area contributed by atoms with Crippen molar-refractivity contribution in [3.05, 3.63) is 64.1 Å². The van der Waals surface area contributed by atoms with Crippen molar-refractivity contribution in [1.82, 2.24) is 4.41 Å². The van der Waals surface area contributed by atoms with Crippen LogP contribution in [0.3, 0.4) is 0 Å². The van der Waals surface area contributed by atoms with Gasteiger partial charge in [-0.2, -0.15) is 17.9 Å². The number of sulfonamides is 1. The summed E-state index contributed by atoms with van der Waals surface area (Å²) in [6.07, 6.45) is 1.51. The van der Waals surface area contributed by atoms with Crippen LogP contribution in [0.5, 0.6) is 0 Å². The molecule has 0 atom stereocenters. The molecule has 21 heavy (non-hydrogen) atoms. The second-order valence-electron chi connectivity index (χ2n) is 4.55. The molecule has 0 aliphatic carbocycles. The number of hydrogen-bond donors (Lipinski definition) is 0. The van der Waals surface area contributed by atoms with Crippen LogP contribution >= 0.6 is 15.9 Å². The summed E-state index contributed by atoms with van der Waals surface area (Å²) in [6, 6.07) is 14.1. The van der Waals surface area contributed by atoms with E-state index in [0.717, 1.165) is 20.0 Å².